The zero-order valence-corrected chi connectivity index (χ0v) is 15.0. The van der Waals surface area contributed by atoms with Crippen LogP contribution in [-0.2, 0) is 9.59 Å². The van der Waals surface area contributed by atoms with Crippen LogP contribution in [0, 0.1) is 11.8 Å². The minimum Gasteiger partial charge on any atom is -0.356 e. The molecule has 2 amide bonds. The number of nitrogens with zero attached hydrogens (tertiary/aromatic N) is 1. The standard InChI is InChI=1S/C20H26N4O2/c25-18-10-9-15(12-21-18)20(26)22-11-13-5-7-14(8-6-13)19-23-16-3-1-2-4-17(16)24-19/h1-4,13-15H,5-12H2,(H,21,25)(H,22,26)(H,23,24). The molecule has 1 aromatic heterocycles. The molecule has 6 heteroatoms. The first-order valence-corrected chi connectivity index (χ1v) is 9.68. The van der Waals surface area contributed by atoms with E-state index in [1.165, 1.54) is 0 Å². The van der Waals surface area contributed by atoms with Gasteiger partial charge in [-0.3, -0.25) is 9.59 Å². The average molecular weight is 354 g/mol. The second kappa shape index (κ2) is 7.48. The van der Waals surface area contributed by atoms with Crippen molar-refractivity contribution in [3.8, 4) is 0 Å². The number of amides is 2. The second-order valence-electron chi connectivity index (χ2n) is 7.64. The average Bonchev–Trinajstić information content (AvgIpc) is 3.11. The van der Waals surface area contributed by atoms with Crippen LogP contribution in [0.3, 0.4) is 0 Å². The summed E-state index contributed by atoms with van der Waals surface area (Å²) < 4.78 is 0. The SMILES string of the molecule is O=C1CCC(C(=O)NCC2CCC(c3nc4ccccc4[nH]3)CC2)CN1. The molecule has 26 heavy (non-hydrogen) atoms. The quantitative estimate of drug-likeness (QED) is 0.788. The molecular weight excluding hydrogens is 328 g/mol. The van der Waals surface area contributed by atoms with Crippen LogP contribution in [0.25, 0.3) is 11.0 Å². The first kappa shape index (κ1) is 17.1. The number of carbonyl (C=O) groups excluding carboxylic acids is 2. The minimum atomic E-state index is -0.0698. The Bertz CT molecular complexity index is 749. The molecule has 1 aliphatic carbocycles. The molecule has 2 aromatic rings. The van der Waals surface area contributed by atoms with Gasteiger partial charge in [-0.1, -0.05) is 12.1 Å². The highest BCUT2D eigenvalue weighted by Gasteiger charge is 2.27. The molecule has 1 aliphatic heterocycles. The van der Waals surface area contributed by atoms with Gasteiger partial charge in [0.2, 0.25) is 11.8 Å². The smallest absolute Gasteiger partial charge is 0.224 e. The third kappa shape index (κ3) is 3.74. The molecule has 138 valence electrons. The van der Waals surface area contributed by atoms with Crippen LogP contribution in [0.1, 0.15) is 50.3 Å². The fraction of sp³-hybridized carbons (Fsp3) is 0.550. The topological polar surface area (TPSA) is 86.9 Å². The van der Waals surface area contributed by atoms with E-state index in [2.05, 4.69) is 21.7 Å². The normalized spacial score (nSPS) is 26.5. The van der Waals surface area contributed by atoms with E-state index in [-0.39, 0.29) is 17.7 Å². The third-order valence-electron chi connectivity index (χ3n) is 5.84. The molecule has 2 heterocycles. The van der Waals surface area contributed by atoms with Crippen molar-refractivity contribution in [1.29, 1.82) is 0 Å². The lowest BCUT2D eigenvalue weighted by Crippen LogP contribution is -2.44. The highest BCUT2D eigenvalue weighted by Crippen LogP contribution is 2.35. The number of piperidine rings is 1. The second-order valence-corrected chi connectivity index (χ2v) is 7.64. The largest absolute Gasteiger partial charge is 0.356 e. The monoisotopic (exact) mass is 354 g/mol. The molecule has 6 nitrogen and oxygen atoms in total. The molecule has 0 spiro atoms. The molecule has 1 unspecified atom stereocenters. The molecular formula is C20H26N4O2. The van der Waals surface area contributed by atoms with Crippen molar-refractivity contribution >= 4 is 22.8 Å². The van der Waals surface area contributed by atoms with E-state index in [1.54, 1.807) is 0 Å². The van der Waals surface area contributed by atoms with Gasteiger partial charge in [0.05, 0.1) is 17.0 Å². The maximum atomic E-state index is 12.3. The number of aromatic nitrogens is 2. The summed E-state index contributed by atoms with van der Waals surface area (Å²) in [5.41, 5.74) is 2.15. The molecule has 2 aliphatic rings. The van der Waals surface area contributed by atoms with Gasteiger partial charge in [0.25, 0.3) is 0 Å². The van der Waals surface area contributed by atoms with Crippen molar-refractivity contribution < 1.29 is 9.59 Å². The number of rotatable bonds is 4. The molecule has 2 fully saturated rings. The summed E-state index contributed by atoms with van der Waals surface area (Å²) in [4.78, 5) is 31.7. The van der Waals surface area contributed by atoms with Crippen LogP contribution in [-0.4, -0.2) is 34.9 Å². The van der Waals surface area contributed by atoms with Crippen LogP contribution in [0.4, 0.5) is 0 Å². The van der Waals surface area contributed by atoms with Crippen LogP contribution in [0.2, 0.25) is 0 Å². The van der Waals surface area contributed by atoms with Gasteiger partial charge in [0.1, 0.15) is 5.82 Å². The number of aromatic amines is 1. The number of hydrogen-bond donors (Lipinski definition) is 3. The number of nitrogens with one attached hydrogen (secondary N) is 3. The van der Waals surface area contributed by atoms with E-state index >= 15 is 0 Å². The Kier molecular flexibility index (Phi) is 4.91. The first-order valence-electron chi connectivity index (χ1n) is 9.68. The summed E-state index contributed by atoms with van der Waals surface area (Å²) in [6.45, 7) is 1.22. The number of carbonyl (C=O) groups is 2. The number of benzene rings is 1. The van der Waals surface area contributed by atoms with Crippen LogP contribution in [0.5, 0.6) is 0 Å². The minimum absolute atomic E-state index is 0.0537. The zero-order chi connectivity index (χ0) is 17.9. The van der Waals surface area contributed by atoms with Gasteiger partial charge in [-0.05, 0) is 50.2 Å². The van der Waals surface area contributed by atoms with E-state index in [9.17, 15) is 9.59 Å². The van der Waals surface area contributed by atoms with Crippen molar-refractivity contribution in [2.45, 2.75) is 44.4 Å². The Morgan fingerprint density at radius 2 is 1.96 bits per heavy atom. The number of fused-ring (bicyclic) bond motifs is 1. The van der Waals surface area contributed by atoms with Gasteiger partial charge < -0.3 is 15.6 Å². The van der Waals surface area contributed by atoms with Crippen molar-refractivity contribution in [1.82, 2.24) is 20.6 Å². The van der Waals surface area contributed by atoms with Crippen LogP contribution < -0.4 is 10.6 Å². The lowest BCUT2D eigenvalue weighted by Gasteiger charge is -2.28. The number of hydrogen-bond acceptors (Lipinski definition) is 3. The molecule has 3 N–H and O–H groups in total. The molecule has 1 aromatic carbocycles. The van der Waals surface area contributed by atoms with Gasteiger partial charge >= 0.3 is 0 Å². The van der Waals surface area contributed by atoms with E-state index in [4.69, 9.17) is 4.98 Å². The summed E-state index contributed by atoms with van der Waals surface area (Å²) >= 11 is 0. The summed E-state index contributed by atoms with van der Waals surface area (Å²) in [6, 6.07) is 8.16. The predicted octanol–water partition coefficient (Wildman–Crippen LogP) is 2.48. The zero-order valence-electron chi connectivity index (χ0n) is 15.0. The summed E-state index contributed by atoms with van der Waals surface area (Å²) in [6.07, 6.45) is 5.57. The Labute approximate surface area is 153 Å². The molecule has 4 rings (SSSR count). The maximum absolute atomic E-state index is 12.3. The Balaban J connectivity index is 1.24. The highest BCUT2D eigenvalue weighted by atomic mass is 16.2. The van der Waals surface area contributed by atoms with Crippen LogP contribution >= 0.6 is 0 Å². The third-order valence-corrected chi connectivity index (χ3v) is 5.84. The van der Waals surface area contributed by atoms with Crippen molar-refractivity contribution in [2.75, 3.05) is 13.1 Å². The van der Waals surface area contributed by atoms with Crippen molar-refractivity contribution in [3.05, 3.63) is 30.1 Å². The first-order chi connectivity index (χ1) is 12.7. The van der Waals surface area contributed by atoms with Gasteiger partial charge in [-0.2, -0.15) is 0 Å². The summed E-state index contributed by atoms with van der Waals surface area (Å²) in [5, 5.41) is 5.88. The van der Waals surface area contributed by atoms with Gasteiger partial charge in [-0.25, -0.2) is 4.98 Å². The number of H-pyrrole nitrogens is 1. The molecule has 0 bridgehead atoms. The van der Waals surface area contributed by atoms with E-state index < -0.39 is 0 Å². The fourth-order valence-electron chi connectivity index (χ4n) is 4.15. The maximum Gasteiger partial charge on any atom is 0.224 e. The number of imidazole rings is 1. The van der Waals surface area contributed by atoms with Gasteiger partial charge in [0.15, 0.2) is 0 Å². The fourth-order valence-corrected chi connectivity index (χ4v) is 4.15. The van der Waals surface area contributed by atoms with Gasteiger partial charge in [0, 0.05) is 25.4 Å². The van der Waals surface area contributed by atoms with E-state index in [0.29, 0.717) is 31.2 Å². The van der Waals surface area contributed by atoms with Crippen molar-refractivity contribution in [2.24, 2.45) is 11.8 Å². The predicted molar refractivity (Wildman–Crippen MR) is 99.5 cm³/mol. The van der Waals surface area contributed by atoms with Gasteiger partial charge in [-0.15, -0.1) is 0 Å². The Morgan fingerprint density at radius 1 is 1.15 bits per heavy atom. The molecule has 1 saturated heterocycles. The van der Waals surface area contributed by atoms with Crippen LogP contribution in [0.15, 0.2) is 24.3 Å². The van der Waals surface area contributed by atoms with E-state index in [0.717, 1.165) is 49.1 Å². The van der Waals surface area contributed by atoms with E-state index in [1.807, 2.05) is 18.2 Å². The van der Waals surface area contributed by atoms with Crippen molar-refractivity contribution in [3.63, 3.8) is 0 Å². The number of para-hydroxylation sites is 2. The highest BCUT2D eigenvalue weighted by molar-refractivity contribution is 5.83. The Morgan fingerprint density at radius 3 is 2.69 bits per heavy atom. The summed E-state index contributed by atoms with van der Waals surface area (Å²) in [7, 11) is 0. The molecule has 0 radical (unpaired) electrons. The lowest BCUT2D eigenvalue weighted by atomic mass is 9.81. The molecule has 1 atom stereocenters. The summed E-state index contributed by atoms with van der Waals surface area (Å²) in [5.74, 6) is 2.20. The lowest BCUT2D eigenvalue weighted by molar-refractivity contribution is -0.129. The molecule has 1 saturated carbocycles. The Hall–Kier alpha value is -2.37.